The first-order valence-electron chi connectivity index (χ1n) is 6.09. The third-order valence-electron chi connectivity index (χ3n) is 2.61. The van der Waals surface area contributed by atoms with Gasteiger partial charge in [-0.2, -0.15) is 0 Å². The second-order valence-electron chi connectivity index (χ2n) is 4.36. The van der Waals surface area contributed by atoms with Crippen molar-refractivity contribution in [3.63, 3.8) is 0 Å². The number of carbonyl (C=O) groups is 1. The van der Waals surface area contributed by atoms with Crippen LogP contribution in [0.25, 0.3) is 0 Å². The van der Waals surface area contributed by atoms with Crippen LogP contribution in [0, 0.1) is 6.92 Å². The topological polar surface area (TPSA) is 86.5 Å². The lowest BCUT2D eigenvalue weighted by Crippen LogP contribution is -2.18. The van der Waals surface area contributed by atoms with E-state index in [1.54, 1.807) is 32.0 Å². The van der Waals surface area contributed by atoms with Crippen LogP contribution in [0.5, 0.6) is 0 Å². The second kappa shape index (κ2) is 6.56. The Hall–Kier alpha value is -1.56. The lowest BCUT2D eigenvalue weighted by molar-refractivity contribution is 0.0528. The Labute approximate surface area is 113 Å². The van der Waals surface area contributed by atoms with Crippen molar-refractivity contribution >= 4 is 21.5 Å². The number of sulfone groups is 1. The summed E-state index contributed by atoms with van der Waals surface area (Å²) >= 11 is 0. The normalized spacial score (nSPS) is 11.3. The summed E-state index contributed by atoms with van der Waals surface area (Å²) in [6.45, 7) is 3.42. The third-order valence-corrected chi connectivity index (χ3v) is 4.43. The standard InChI is InChI=1S/C13H19NO4S/c1-3-7-19(16,17)8-6-18-13(15)12-5-4-11(14)9-10(12)2/h4-5,9H,3,6-8,14H2,1-2H3. The van der Waals surface area contributed by atoms with Gasteiger partial charge >= 0.3 is 5.97 Å². The summed E-state index contributed by atoms with van der Waals surface area (Å²) in [5.74, 6) is -0.546. The first kappa shape index (κ1) is 15.5. The van der Waals surface area contributed by atoms with Crippen LogP contribution < -0.4 is 5.73 Å². The molecule has 0 bridgehead atoms. The number of rotatable bonds is 6. The summed E-state index contributed by atoms with van der Waals surface area (Å²) in [5.41, 5.74) is 7.27. The average Bonchev–Trinajstić information content (AvgIpc) is 2.28. The summed E-state index contributed by atoms with van der Waals surface area (Å²) < 4.78 is 27.9. The van der Waals surface area contributed by atoms with E-state index in [0.29, 0.717) is 23.2 Å². The SMILES string of the molecule is CCCS(=O)(=O)CCOC(=O)c1ccc(N)cc1C. The Morgan fingerprint density at radius 3 is 2.58 bits per heavy atom. The molecule has 1 rings (SSSR count). The first-order chi connectivity index (χ1) is 8.85. The van der Waals surface area contributed by atoms with Crippen LogP contribution >= 0.6 is 0 Å². The van der Waals surface area contributed by atoms with Crippen LogP contribution in [-0.4, -0.2) is 32.5 Å². The van der Waals surface area contributed by atoms with Gasteiger partial charge in [0.1, 0.15) is 6.61 Å². The molecule has 0 unspecified atom stereocenters. The highest BCUT2D eigenvalue weighted by Crippen LogP contribution is 2.13. The lowest BCUT2D eigenvalue weighted by atomic mass is 10.1. The maximum atomic E-state index is 11.8. The maximum absolute atomic E-state index is 11.8. The van der Waals surface area contributed by atoms with E-state index in [2.05, 4.69) is 0 Å². The van der Waals surface area contributed by atoms with E-state index in [9.17, 15) is 13.2 Å². The van der Waals surface area contributed by atoms with Crippen molar-refractivity contribution in [2.45, 2.75) is 20.3 Å². The maximum Gasteiger partial charge on any atom is 0.338 e. The first-order valence-corrected chi connectivity index (χ1v) is 7.91. The molecule has 106 valence electrons. The predicted octanol–water partition coefficient (Wildman–Crippen LogP) is 1.56. The molecule has 0 aliphatic rings. The average molecular weight is 285 g/mol. The van der Waals surface area contributed by atoms with E-state index >= 15 is 0 Å². The zero-order chi connectivity index (χ0) is 14.5. The number of esters is 1. The van der Waals surface area contributed by atoms with Crippen molar-refractivity contribution in [2.24, 2.45) is 0 Å². The van der Waals surface area contributed by atoms with E-state index in [-0.39, 0.29) is 18.1 Å². The molecule has 0 saturated carbocycles. The molecule has 6 heteroatoms. The van der Waals surface area contributed by atoms with Crippen molar-refractivity contribution in [1.29, 1.82) is 0 Å². The number of carbonyl (C=O) groups excluding carboxylic acids is 1. The summed E-state index contributed by atoms with van der Waals surface area (Å²) in [6.07, 6.45) is 0.563. The van der Waals surface area contributed by atoms with Gasteiger partial charge in [-0.05, 0) is 37.1 Å². The minimum atomic E-state index is -3.12. The quantitative estimate of drug-likeness (QED) is 0.633. The monoisotopic (exact) mass is 285 g/mol. The van der Waals surface area contributed by atoms with Crippen LogP contribution in [-0.2, 0) is 14.6 Å². The molecule has 0 atom stereocenters. The van der Waals surface area contributed by atoms with Gasteiger partial charge in [-0.25, -0.2) is 13.2 Å². The van der Waals surface area contributed by atoms with Crippen molar-refractivity contribution < 1.29 is 17.9 Å². The molecular formula is C13H19NO4S. The fourth-order valence-corrected chi connectivity index (χ4v) is 2.83. The highest BCUT2D eigenvalue weighted by atomic mass is 32.2. The number of nitrogens with two attached hydrogens (primary N) is 1. The van der Waals surface area contributed by atoms with Gasteiger partial charge in [0.2, 0.25) is 0 Å². The van der Waals surface area contributed by atoms with Gasteiger partial charge in [0.05, 0.1) is 17.1 Å². The number of ether oxygens (including phenoxy) is 1. The van der Waals surface area contributed by atoms with Gasteiger partial charge in [0.15, 0.2) is 9.84 Å². The Balaban J connectivity index is 2.57. The number of benzene rings is 1. The summed E-state index contributed by atoms with van der Waals surface area (Å²) in [5, 5.41) is 0. The predicted molar refractivity (Wildman–Crippen MR) is 74.8 cm³/mol. The van der Waals surface area contributed by atoms with Crippen molar-refractivity contribution in [3.05, 3.63) is 29.3 Å². The molecule has 0 radical (unpaired) electrons. The molecule has 0 amide bonds. The Morgan fingerprint density at radius 1 is 1.32 bits per heavy atom. The molecule has 0 heterocycles. The largest absolute Gasteiger partial charge is 0.461 e. The molecule has 0 aliphatic carbocycles. The van der Waals surface area contributed by atoms with Crippen molar-refractivity contribution in [2.75, 3.05) is 23.8 Å². The molecule has 0 fully saturated rings. The molecule has 5 nitrogen and oxygen atoms in total. The van der Waals surface area contributed by atoms with Crippen molar-refractivity contribution in [3.8, 4) is 0 Å². The van der Waals surface area contributed by atoms with Crippen LogP contribution in [0.2, 0.25) is 0 Å². The van der Waals surface area contributed by atoms with Crippen LogP contribution in [0.3, 0.4) is 0 Å². The molecule has 1 aromatic rings. The van der Waals surface area contributed by atoms with Gasteiger partial charge in [-0.3, -0.25) is 0 Å². The number of hydrogen-bond acceptors (Lipinski definition) is 5. The van der Waals surface area contributed by atoms with Crippen LogP contribution in [0.4, 0.5) is 5.69 Å². The summed E-state index contributed by atoms with van der Waals surface area (Å²) in [6, 6.07) is 4.86. The van der Waals surface area contributed by atoms with Gasteiger partial charge in [-0.15, -0.1) is 0 Å². The second-order valence-corrected chi connectivity index (χ2v) is 6.67. The van der Waals surface area contributed by atoms with Gasteiger partial charge in [0, 0.05) is 5.69 Å². The van der Waals surface area contributed by atoms with Crippen molar-refractivity contribution in [1.82, 2.24) is 0 Å². The Bertz CT molecular complexity index is 552. The Kier molecular flexibility index (Phi) is 5.35. The van der Waals surface area contributed by atoms with E-state index in [1.165, 1.54) is 0 Å². The van der Waals surface area contributed by atoms with Gasteiger partial charge in [-0.1, -0.05) is 6.92 Å². The molecule has 2 N–H and O–H groups in total. The fraction of sp³-hybridized carbons (Fsp3) is 0.462. The minimum Gasteiger partial charge on any atom is -0.461 e. The third kappa shape index (κ3) is 4.90. The molecule has 0 spiro atoms. The minimum absolute atomic E-state index is 0.117. The van der Waals surface area contributed by atoms with E-state index < -0.39 is 15.8 Å². The van der Waals surface area contributed by atoms with Gasteiger partial charge in [0.25, 0.3) is 0 Å². The number of nitrogen functional groups attached to an aromatic ring is 1. The molecule has 0 aromatic heterocycles. The zero-order valence-corrected chi connectivity index (χ0v) is 12.0. The smallest absolute Gasteiger partial charge is 0.338 e. The summed E-state index contributed by atoms with van der Waals surface area (Å²) in [4.78, 5) is 11.8. The highest BCUT2D eigenvalue weighted by molar-refractivity contribution is 7.91. The van der Waals surface area contributed by atoms with Gasteiger partial charge < -0.3 is 10.5 Å². The molecule has 0 saturated heterocycles. The zero-order valence-electron chi connectivity index (χ0n) is 11.2. The van der Waals surface area contributed by atoms with Crippen LogP contribution in [0.15, 0.2) is 18.2 Å². The fourth-order valence-electron chi connectivity index (χ4n) is 1.67. The summed E-state index contributed by atoms with van der Waals surface area (Å²) in [7, 11) is -3.12. The van der Waals surface area contributed by atoms with E-state index in [0.717, 1.165) is 0 Å². The van der Waals surface area contributed by atoms with E-state index in [1.807, 2.05) is 0 Å². The number of anilines is 1. The molecular weight excluding hydrogens is 266 g/mol. The molecule has 19 heavy (non-hydrogen) atoms. The molecule has 1 aromatic carbocycles. The lowest BCUT2D eigenvalue weighted by Gasteiger charge is -2.08. The number of hydrogen-bond donors (Lipinski definition) is 1. The van der Waals surface area contributed by atoms with Crippen LogP contribution in [0.1, 0.15) is 29.3 Å². The van der Waals surface area contributed by atoms with E-state index in [4.69, 9.17) is 10.5 Å². The molecule has 0 aliphatic heterocycles. The Morgan fingerprint density at radius 2 is 2.00 bits per heavy atom. The highest BCUT2D eigenvalue weighted by Gasteiger charge is 2.13. The number of aryl methyl sites for hydroxylation is 1.